The second-order valence-electron chi connectivity index (χ2n) is 6.90. The number of ether oxygens (including phenoxy) is 1. The Morgan fingerprint density at radius 2 is 2.17 bits per heavy atom. The molecule has 0 atom stereocenters. The summed E-state index contributed by atoms with van der Waals surface area (Å²) in [5.74, 6) is 0.885. The van der Waals surface area contributed by atoms with Crippen molar-refractivity contribution in [2.45, 2.75) is 44.3 Å². The molecule has 2 aliphatic carbocycles. The number of aliphatic carboxylic acids is 1. The molecule has 2 saturated carbocycles. The first-order valence-electron chi connectivity index (χ1n) is 8.57. The fourth-order valence-electron chi connectivity index (χ4n) is 3.38. The lowest BCUT2D eigenvalue weighted by Gasteiger charge is -2.43. The van der Waals surface area contributed by atoms with Crippen molar-refractivity contribution in [1.29, 1.82) is 0 Å². The van der Waals surface area contributed by atoms with Crippen LogP contribution in [0.2, 0.25) is 0 Å². The lowest BCUT2D eigenvalue weighted by Crippen LogP contribution is -2.54. The number of hydrogen-bond donors (Lipinski definition) is 2. The standard InChI is InChI=1S/C18H25BrN2O3/c1-24-18-13(3-2-4-16(18)19)9-20-14-7-15(8-14)21(11-17(22)23)10-12-5-6-12/h2-4,12,14-15,20H,5-11H2,1H3,(H,22,23). The topological polar surface area (TPSA) is 61.8 Å². The van der Waals surface area contributed by atoms with Gasteiger partial charge in [0.1, 0.15) is 5.75 Å². The second kappa shape index (κ2) is 7.85. The maximum absolute atomic E-state index is 11.1. The van der Waals surface area contributed by atoms with Crippen LogP contribution < -0.4 is 10.1 Å². The quantitative estimate of drug-likeness (QED) is 0.671. The van der Waals surface area contributed by atoms with Crippen molar-refractivity contribution >= 4 is 21.9 Å². The molecule has 0 bridgehead atoms. The van der Waals surface area contributed by atoms with E-state index in [2.05, 4.69) is 32.2 Å². The lowest BCUT2D eigenvalue weighted by molar-refractivity contribution is -0.139. The van der Waals surface area contributed by atoms with E-state index in [0.29, 0.717) is 12.1 Å². The van der Waals surface area contributed by atoms with E-state index in [1.54, 1.807) is 7.11 Å². The molecule has 0 aliphatic heterocycles. The van der Waals surface area contributed by atoms with Gasteiger partial charge in [-0.3, -0.25) is 9.69 Å². The van der Waals surface area contributed by atoms with Crippen molar-refractivity contribution in [2.75, 3.05) is 20.2 Å². The van der Waals surface area contributed by atoms with Gasteiger partial charge in [-0.05, 0) is 53.6 Å². The molecule has 2 fully saturated rings. The summed E-state index contributed by atoms with van der Waals surface area (Å²) < 4.78 is 6.42. The average Bonchev–Trinajstić information content (AvgIpc) is 3.29. The molecular weight excluding hydrogens is 372 g/mol. The smallest absolute Gasteiger partial charge is 0.317 e. The number of nitrogens with zero attached hydrogens (tertiary/aromatic N) is 1. The van der Waals surface area contributed by atoms with Crippen LogP contribution in [-0.4, -0.2) is 48.3 Å². The number of para-hydroxylation sites is 1. The summed E-state index contributed by atoms with van der Waals surface area (Å²) in [5.41, 5.74) is 1.13. The van der Waals surface area contributed by atoms with Crippen molar-refractivity contribution < 1.29 is 14.6 Å². The molecule has 132 valence electrons. The third kappa shape index (κ3) is 4.49. The van der Waals surface area contributed by atoms with Gasteiger partial charge in [0.25, 0.3) is 0 Å². The third-order valence-electron chi connectivity index (χ3n) is 4.99. The van der Waals surface area contributed by atoms with E-state index in [1.807, 2.05) is 12.1 Å². The predicted octanol–water partition coefficient (Wildman–Crippen LogP) is 2.87. The minimum absolute atomic E-state index is 0.174. The molecule has 1 aromatic carbocycles. The Morgan fingerprint density at radius 1 is 1.42 bits per heavy atom. The van der Waals surface area contributed by atoms with E-state index in [9.17, 15) is 4.79 Å². The zero-order valence-corrected chi connectivity index (χ0v) is 15.6. The Bertz CT molecular complexity index is 586. The molecule has 2 N–H and O–H groups in total. The predicted molar refractivity (Wildman–Crippen MR) is 96.3 cm³/mol. The van der Waals surface area contributed by atoms with Gasteiger partial charge in [0.15, 0.2) is 0 Å². The Morgan fingerprint density at radius 3 is 2.79 bits per heavy atom. The zero-order chi connectivity index (χ0) is 17.1. The van der Waals surface area contributed by atoms with E-state index >= 15 is 0 Å². The number of hydrogen-bond acceptors (Lipinski definition) is 4. The number of nitrogens with one attached hydrogen (secondary N) is 1. The SMILES string of the molecule is COc1c(Br)cccc1CNC1CC(N(CC(=O)O)CC2CC2)C1. The first kappa shape index (κ1) is 17.7. The van der Waals surface area contributed by atoms with Crippen molar-refractivity contribution in [3.8, 4) is 5.75 Å². The number of carboxylic acid groups (broad SMARTS) is 1. The highest BCUT2D eigenvalue weighted by molar-refractivity contribution is 9.10. The minimum Gasteiger partial charge on any atom is -0.495 e. The van der Waals surface area contributed by atoms with Crippen LogP contribution in [-0.2, 0) is 11.3 Å². The highest BCUT2D eigenvalue weighted by Crippen LogP contribution is 2.34. The molecule has 3 rings (SSSR count). The molecule has 0 amide bonds. The third-order valence-corrected chi connectivity index (χ3v) is 5.62. The van der Waals surface area contributed by atoms with Crippen molar-refractivity contribution in [2.24, 2.45) is 5.92 Å². The maximum Gasteiger partial charge on any atom is 0.317 e. The van der Waals surface area contributed by atoms with Gasteiger partial charge in [0, 0.05) is 30.7 Å². The molecule has 6 heteroatoms. The molecule has 0 unspecified atom stereocenters. The summed E-state index contributed by atoms with van der Waals surface area (Å²) in [7, 11) is 1.69. The highest BCUT2D eigenvalue weighted by atomic mass is 79.9. The van der Waals surface area contributed by atoms with E-state index in [1.165, 1.54) is 12.8 Å². The number of halogens is 1. The Labute approximate surface area is 151 Å². The molecule has 0 spiro atoms. The summed E-state index contributed by atoms with van der Waals surface area (Å²) >= 11 is 3.51. The largest absolute Gasteiger partial charge is 0.495 e. The average molecular weight is 397 g/mol. The van der Waals surface area contributed by atoms with Crippen LogP contribution in [0.5, 0.6) is 5.75 Å². The van der Waals surface area contributed by atoms with Crippen LogP contribution in [0, 0.1) is 5.92 Å². The van der Waals surface area contributed by atoms with E-state index in [-0.39, 0.29) is 6.54 Å². The van der Waals surface area contributed by atoms with Crippen molar-refractivity contribution in [1.82, 2.24) is 10.2 Å². The zero-order valence-electron chi connectivity index (χ0n) is 14.0. The van der Waals surface area contributed by atoms with Gasteiger partial charge < -0.3 is 15.2 Å². The molecule has 0 radical (unpaired) electrons. The van der Waals surface area contributed by atoms with Gasteiger partial charge in [0.2, 0.25) is 0 Å². The van der Waals surface area contributed by atoms with Crippen LogP contribution >= 0.6 is 15.9 Å². The van der Waals surface area contributed by atoms with Gasteiger partial charge in [-0.25, -0.2) is 0 Å². The van der Waals surface area contributed by atoms with E-state index < -0.39 is 5.97 Å². The summed E-state index contributed by atoms with van der Waals surface area (Å²) in [6.07, 6.45) is 4.56. The highest BCUT2D eigenvalue weighted by Gasteiger charge is 2.36. The normalized spacial score (nSPS) is 23.1. The van der Waals surface area contributed by atoms with Crippen molar-refractivity contribution in [3.63, 3.8) is 0 Å². The van der Waals surface area contributed by atoms with Gasteiger partial charge in [-0.15, -0.1) is 0 Å². The summed E-state index contributed by atoms with van der Waals surface area (Å²) in [5, 5.41) is 12.7. The van der Waals surface area contributed by atoms with Crippen LogP contribution in [0.3, 0.4) is 0 Å². The van der Waals surface area contributed by atoms with Gasteiger partial charge in [-0.1, -0.05) is 12.1 Å². The first-order chi connectivity index (χ1) is 11.6. The summed E-state index contributed by atoms with van der Waals surface area (Å²) in [6, 6.07) is 6.91. The number of carbonyl (C=O) groups is 1. The summed E-state index contributed by atoms with van der Waals surface area (Å²) in [6.45, 7) is 1.89. The van der Waals surface area contributed by atoms with Gasteiger partial charge in [-0.2, -0.15) is 0 Å². The molecule has 0 saturated heterocycles. The van der Waals surface area contributed by atoms with Gasteiger partial charge in [0.05, 0.1) is 18.1 Å². The second-order valence-corrected chi connectivity index (χ2v) is 7.76. The van der Waals surface area contributed by atoms with Crippen LogP contribution in [0.15, 0.2) is 22.7 Å². The number of rotatable bonds is 9. The summed E-state index contributed by atoms with van der Waals surface area (Å²) in [4.78, 5) is 13.2. The molecule has 0 aromatic heterocycles. The van der Waals surface area contributed by atoms with Crippen LogP contribution in [0.4, 0.5) is 0 Å². The molecule has 5 nitrogen and oxygen atoms in total. The Kier molecular flexibility index (Phi) is 5.79. The lowest BCUT2D eigenvalue weighted by atomic mass is 9.85. The fraction of sp³-hybridized carbons (Fsp3) is 0.611. The van der Waals surface area contributed by atoms with E-state index in [0.717, 1.165) is 47.6 Å². The monoisotopic (exact) mass is 396 g/mol. The van der Waals surface area contributed by atoms with Crippen molar-refractivity contribution in [3.05, 3.63) is 28.2 Å². The molecule has 24 heavy (non-hydrogen) atoms. The molecule has 1 aromatic rings. The molecular formula is C18H25BrN2O3. The number of benzene rings is 1. The van der Waals surface area contributed by atoms with Gasteiger partial charge >= 0.3 is 5.97 Å². The first-order valence-corrected chi connectivity index (χ1v) is 9.36. The number of methoxy groups -OCH3 is 1. The maximum atomic E-state index is 11.1. The molecule has 0 heterocycles. The Hall–Kier alpha value is -1.11. The van der Waals surface area contributed by atoms with Crippen LogP contribution in [0.1, 0.15) is 31.2 Å². The number of carboxylic acids is 1. The van der Waals surface area contributed by atoms with Crippen LogP contribution in [0.25, 0.3) is 0 Å². The Balaban J connectivity index is 1.47. The minimum atomic E-state index is -0.717. The fourth-order valence-corrected chi connectivity index (χ4v) is 3.95. The van der Waals surface area contributed by atoms with E-state index in [4.69, 9.17) is 9.84 Å². The molecule has 2 aliphatic rings.